The van der Waals surface area contributed by atoms with E-state index in [1.807, 2.05) is 0 Å². The van der Waals surface area contributed by atoms with E-state index in [1.165, 1.54) is 11.3 Å². The number of aromatic carboxylic acids is 1. The van der Waals surface area contributed by atoms with Gasteiger partial charge in [0.1, 0.15) is 16.3 Å². The van der Waals surface area contributed by atoms with Gasteiger partial charge in [0, 0.05) is 11.4 Å². The van der Waals surface area contributed by atoms with Gasteiger partial charge in [0.2, 0.25) is 10.0 Å². The zero-order valence-electron chi connectivity index (χ0n) is 10.3. The van der Waals surface area contributed by atoms with Gasteiger partial charge in [-0.1, -0.05) is 6.07 Å². The van der Waals surface area contributed by atoms with E-state index < -0.39 is 38.1 Å². The molecule has 0 unspecified atom stereocenters. The lowest BCUT2D eigenvalue weighted by molar-refractivity contribution is 0.0685. The van der Waals surface area contributed by atoms with Crippen molar-refractivity contribution in [2.75, 3.05) is 0 Å². The minimum Gasteiger partial charge on any atom is -0.477 e. The first-order valence-corrected chi connectivity index (χ1v) is 7.92. The van der Waals surface area contributed by atoms with Gasteiger partial charge in [-0.15, -0.1) is 11.3 Å². The molecule has 0 bridgehead atoms. The van der Waals surface area contributed by atoms with Gasteiger partial charge < -0.3 is 5.11 Å². The van der Waals surface area contributed by atoms with Gasteiger partial charge in [0.25, 0.3) is 0 Å². The molecule has 0 fully saturated rings. The van der Waals surface area contributed by atoms with Crippen LogP contribution in [0.3, 0.4) is 0 Å². The Labute approximate surface area is 122 Å². The lowest BCUT2D eigenvalue weighted by Crippen LogP contribution is -2.25. The summed E-state index contributed by atoms with van der Waals surface area (Å²) in [7, 11) is -4.29. The number of hydrogen-bond donors (Lipinski definition) is 2. The number of carbonyl (C=O) groups is 1. The van der Waals surface area contributed by atoms with Gasteiger partial charge in [0.05, 0.1) is 0 Å². The van der Waals surface area contributed by atoms with Crippen LogP contribution in [0.15, 0.2) is 34.5 Å². The molecule has 5 nitrogen and oxygen atoms in total. The van der Waals surface area contributed by atoms with Crippen LogP contribution in [0.25, 0.3) is 0 Å². The number of carboxylic acids is 1. The first-order chi connectivity index (χ1) is 9.83. The average molecular weight is 333 g/mol. The Morgan fingerprint density at radius 2 is 2.00 bits per heavy atom. The van der Waals surface area contributed by atoms with Crippen molar-refractivity contribution >= 4 is 27.3 Å². The minimum absolute atomic E-state index is 0.0702. The third-order valence-electron chi connectivity index (χ3n) is 2.58. The predicted octanol–water partition coefficient (Wildman–Crippen LogP) is 2.20. The Balaban J connectivity index is 2.36. The highest BCUT2D eigenvalue weighted by atomic mass is 32.2. The van der Waals surface area contributed by atoms with Crippen molar-refractivity contribution in [2.45, 2.75) is 11.4 Å². The molecule has 1 aromatic heterocycles. The summed E-state index contributed by atoms with van der Waals surface area (Å²) in [6, 6.07) is 4.69. The molecule has 2 N–H and O–H groups in total. The fourth-order valence-electron chi connectivity index (χ4n) is 1.59. The van der Waals surface area contributed by atoms with Crippen LogP contribution in [-0.2, 0) is 16.6 Å². The van der Waals surface area contributed by atoms with Crippen molar-refractivity contribution in [2.24, 2.45) is 0 Å². The summed E-state index contributed by atoms with van der Waals surface area (Å²) in [5, 5.41) is 10.5. The fourth-order valence-corrected chi connectivity index (χ4v) is 3.42. The van der Waals surface area contributed by atoms with Gasteiger partial charge in [-0.25, -0.2) is 26.7 Å². The van der Waals surface area contributed by atoms with Gasteiger partial charge in [-0.05, 0) is 23.6 Å². The zero-order valence-corrected chi connectivity index (χ0v) is 12.0. The van der Waals surface area contributed by atoms with Crippen molar-refractivity contribution in [1.29, 1.82) is 0 Å². The molecule has 0 amide bonds. The van der Waals surface area contributed by atoms with Gasteiger partial charge in [-0.2, -0.15) is 0 Å². The van der Waals surface area contributed by atoms with Crippen molar-refractivity contribution in [3.8, 4) is 0 Å². The molecule has 2 aromatic rings. The number of thiophene rings is 1. The first-order valence-electron chi connectivity index (χ1n) is 5.56. The summed E-state index contributed by atoms with van der Waals surface area (Å²) in [6.07, 6.45) is 0. The maximum Gasteiger partial charge on any atom is 0.341 e. The molecule has 0 saturated carbocycles. The number of halogens is 2. The monoisotopic (exact) mass is 333 g/mol. The molecule has 21 heavy (non-hydrogen) atoms. The largest absolute Gasteiger partial charge is 0.477 e. The van der Waals surface area contributed by atoms with Gasteiger partial charge >= 0.3 is 5.97 Å². The lowest BCUT2D eigenvalue weighted by atomic mass is 10.2. The number of carboxylic acid groups (broad SMARTS) is 1. The SMILES string of the molecule is O=C(O)c1c(F)ccc(S(=O)(=O)NCc2cccs2)c1F. The highest BCUT2D eigenvalue weighted by Crippen LogP contribution is 2.21. The smallest absolute Gasteiger partial charge is 0.341 e. The van der Waals surface area contributed by atoms with Crippen LogP contribution in [0, 0.1) is 11.6 Å². The summed E-state index contributed by atoms with van der Waals surface area (Å²) >= 11 is 1.30. The molecular weight excluding hydrogens is 324 g/mol. The second kappa shape index (κ2) is 5.88. The van der Waals surface area contributed by atoms with E-state index in [9.17, 15) is 22.0 Å². The lowest BCUT2D eigenvalue weighted by Gasteiger charge is -2.09. The topological polar surface area (TPSA) is 83.5 Å². The number of rotatable bonds is 5. The Hall–Kier alpha value is -1.84. The molecule has 1 aromatic carbocycles. The van der Waals surface area contributed by atoms with Crippen LogP contribution >= 0.6 is 11.3 Å². The molecular formula is C12H9F2NO4S2. The quantitative estimate of drug-likeness (QED) is 0.879. The van der Waals surface area contributed by atoms with E-state index in [0.717, 1.165) is 0 Å². The van der Waals surface area contributed by atoms with E-state index in [1.54, 1.807) is 17.5 Å². The number of nitrogens with one attached hydrogen (secondary N) is 1. The van der Waals surface area contributed by atoms with Crippen molar-refractivity contribution in [3.63, 3.8) is 0 Å². The summed E-state index contributed by atoms with van der Waals surface area (Å²) in [6.45, 7) is -0.0702. The molecule has 0 atom stereocenters. The summed E-state index contributed by atoms with van der Waals surface area (Å²) in [5.74, 6) is -4.83. The minimum atomic E-state index is -4.29. The molecule has 0 aliphatic carbocycles. The Kier molecular flexibility index (Phi) is 4.35. The van der Waals surface area contributed by atoms with Crippen molar-refractivity contribution < 1.29 is 27.1 Å². The van der Waals surface area contributed by atoms with Crippen LogP contribution in [-0.4, -0.2) is 19.5 Å². The predicted molar refractivity (Wildman–Crippen MR) is 71.7 cm³/mol. The standard InChI is InChI=1S/C12H9F2NO4S2/c13-8-3-4-9(11(14)10(8)12(16)17)21(18,19)15-6-7-2-1-5-20-7/h1-5,15H,6H2,(H,16,17). The van der Waals surface area contributed by atoms with Crippen LogP contribution in [0.2, 0.25) is 0 Å². The van der Waals surface area contributed by atoms with Crippen LogP contribution in [0.4, 0.5) is 8.78 Å². The van der Waals surface area contributed by atoms with E-state index in [0.29, 0.717) is 17.0 Å². The molecule has 0 spiro atoms. The first kappa shape index (κ1) is 15.5. The molecule has 2 rings (SSSR count). The molecule has 1 heterocycles. The maximum atomic E-state index is 13.9. The zero-order chi connectivity index (χ0) is 15.6. The Morgan fingerprint density at radius 3 is 2.57 bits per heavy atom. The molecule has 0 aliphatic heterocycles. The molecule has 0 aliphatic rings. The Morgan fingerprint density at radius 1 is 1.29 bits per heavy atom. The van der Waals surface area contributed by atoms with Gasteiger partial charge in [0.15, 0.2) is 5.82 Å². The van der Waals surface area contributed by atoms with Crippen LogP contribution in [0.1, 0.15) is 15.2 Å². The molecule has 0 saturated heterocycles. The summed E-state index contributed by atoms with van der Waals surface area (Å²) in [5.41, 5.74) is -1.30. The van der Waals surface area contributed by atoms with Crippen molar-refractivity contribution in [3.05, 3.63) is 51.7 Å². The number of hydrogen-bond acceptors (Lipinski definition) is 4. The third-order valence-corrected chi connectivity index (χ3v) is 4.87. The fraction of sp³-hybridized carbons (Fsp3) is 0.0833. The second-order valence-electron chi connectivity index (χ2n) is 3.94. The molecule has 112 valence electrons. The maximum absolute atomic E-state index is 13.9. The highest BCUT2D eigenvalue weighted by Gasteiger charge is 2.26. The molecule has 0 radical (unpaired) electrons. The Bertz CT molecular complexity index is 773. The number of benzene rings is 1. The van der Waals surface area contributed by atoms with E-state index in [2.05, 4.69) is 4.72 Å². The van der Waals surface area contributed by atoms with Gasteiger partial charge in [-0.3, -0.25) is 0 Å². The third kappa shape index (κ3) is 3.26. The second-order valence-corrected chi connectivity index (χ2v) is 6.71. The van der Waals surface area contributed by atoms with E-state index >= 15 is 0 Å². The van der Waals surface area contributed by atoms with E-state index in [-0.39, 0.29) is 6.54 Å². The van der Waals surface area contributed by atoms with Crippen molar-refractivity contribution in [1.82, 2.24) is 4.72 Å². The average Bonchev–Trinajstić information content (AvgIpc) is 2.88. The van der Waals surface area contributed by atoms with E-state index in [4.69, 9.17) is 5.11 Å². The molecule has 9 heteroatoms. The summed E-state index contributed by atoms with van der Waals surface area (Å²) < 4.78 is 53.2. The highest BCUT2D eigenvalue weighted by molar-refractivity contribution is 7.89. The normalized spacial score (nSPS) is 11.5. The van der Waals surface area contributed by atoms with Crippen LogP contribution < -0.4 is 4.72 Å². The number of sulfonamides is 1. The summed E-state index contributed by atoms with van der Waals surface area (Å²) in [4.78, 5) is 10.6. The van der Waals surface area contributed by atoms with Crippen LogP contribution in [0.5, 0.6) is 0 Å².